The van der Waals surface area contributed by atoms with Crippen molar-refractivity contribution in [3.63, 3.8) is 0 Å². The number of phenols is 1. The maximum absolute atomic E-state index is 11.6. The highest BCUT2D eigenvalue weighted by atomic mass is 16.4. The Morgan fingerprint density at radius 3 is 1.91 bits per heavy atom. The van der Waals surface area contributed by atoms with E-state index in [1.807, 2.05) is 0 Å². The summed E-state index contributed by atoms with van der Waals surface area (Å²) in [5, 5.41) is 17.3. The summed E-state index contributed by atoms with van der Waals surface area (Å²) in [5.74, 6) is -1.41. The number of rotatable bonds is 4. The zero-order chi connectivity index (χ0) is 17.4. The Bertz CT molecular complexity index is 668. The number of aromatic hydroxyl groups is 1. The number of hydrogen-bond donors (Lipinski definition) is 5. The van der Waals surface area contributed by atoms with Crippen molar-refractivity contribution in [2.45, 2.75) is 12.5 Å². The van der Waals surface area contributed by atoms with Crippen molar-refractivity contribution in [1.29, 1.82) is 0 Å². The number of carbonyl (C=O) groups excluding carboxylic acids is 1. The number of nitrogens with two attached hydrogens (primary N) is 3. The number of benzene rings is 2. The van der Waals surface area contributed by atoms with Crippen molar-refractivity contribution in [3.8, 4) is 5.75 Å². The second-order valence-corrected chi connectivity index (χ2v) is 4.72. The SMILES string of the molecule is Nc1ccccc1C(=O)CC(N)C(=O)O.Nc1ccccc1O. The Balaban J connectivity index is 0.000000277. The summed E-state index contributed by atoms with van der Waals surface area (Å²) >= 11 is 0. The van der Waals surface area contributed by atoms with Crippen LogP contribution in [0.4, 0.5) is 11.4 Å². The van der Waals surface area contributed by atoms with Gasteiger partial charge in [0.05, 0.1) is 5.69 Å². The molecular weight excluding hydrogens is 298 g/mol. The molecule has 1 unspecified atom stereocenters. The van der Waals surface area contributed by atoms with Gasteiger partial charge < -0.3 is 27.4 Å². The van der Waals surface area contributed by atoms with E-state index in [9.17, 15) is 9.59 Å². The van der Waals surface area contributed by atoms with Crippen molar-refractivity contribution in [2.24, 2.45) is 5.73 Å². The number of carboxylic acid groups (broad SMARTS) is 1. The number of anilines is 2. The molecule has 0 fully saturated rings. The second kappa shape index (κ2) is 8.40. The molecule has 122 valence electrons. The van der Waals surface area contributed by atoms with Gasteiger partial charge in [0, 0.05) is 17.7 Å². The van der Waals surface area contributed by atoms with Crippen LogP contribution in [-0.4, -0.2) is 28.0 Å². The average molecular weight is 317 g/mol. The van der Waals surface area contributed by atoms with Gasteiger partial charge in [0.2, 0.25) is 0 Å². The lowest BCUT2D eigenvalue weighted by Gasteiger charge is -2.07. The van der Waals surface area contributed by atoms with Crippen molar-refractivity contribution in [1.82, 2.24) is 0 Å². The molecule has 0 amide bonds. The molecule has 0 bridgehead atoms. The number of phenolic OH excluding ortho intramolecular Hbond substituents is 1. The molecule has 2 aromatic rings. The molecule has 23 heavy (non-hydrogen) atoms. The minimum absolute atomic E-state index is 0.146. The van der Waals surface area contributed by atoms with Gasteiger partial charge in [-0.1, -0.05) is 24.3 Å². The van der Waals surface area contributed by atoms with E-state index in [0.29, 0.717) is 16.9 Å². The molecule has 2 rings (SSSR count). The van der Waals surface area contributed by atoms with Gasteiger partial charge in [-0.15, -0.1) is 0 Å². The number of ketones is 1. The monoisotopic (exact) mass is 317 g/mol. The van der Waals surface area contributed by atoms with Gasteiger partial charge in [0.1, 0.15) is 11.8 Å². The predicted molar refractivity (Wildman–Crippen MR) is 87.9 cm³/mol. The zero-order valence-corrected chi connectivity index (χ0v) is 12.3. The summed E-state index contributed by atoms with van der Waals surface area (Å²) in [7, 11) is 0. The first-order chi connectivity index (χ1) is 10.8. The van der Waals surface area contributed by atoms with Crippen molar-refractivity contribution in [2.75, 3.05) is 11.5 Å². The summed E-state index contributed by atoms with van der Waals surface area (Å²) in [6.45, 7) is 0. The van der Waals surface area contributed by atoms with E-state index >= 15 is 0 Å². The van der Waals surface area contributed by atoms with E-state index in [0.717, 1.165) is 0 Å². The van der Waals surface area contributed by atoms with Crippen LogP contribution in [0.5, 0.6) is 5.75 Å². The molecule has 0 saturated heterocycles. The van der Waals surface area contributed by atoms with Crippen LogP contribution in [-0.2, 0) is 4.79 Å². The summed E-state index contributed by atoms with van der Waals surface area (Å²) in [5.41, 5.74) is 17.1. The Hall–Kier alpha value is -3.06. The fourth-order valence-corrected chi connectivity index (χ4v) is 1.64. The molecule has 1 atom stereocenters. The maximum Gasteiger partial charge on any atom is 0.320 e. The van der Waals surface area contributed by atoms with Gasteiger partial charge in [-0.2, -0.15) is 0 Å². The Morgan fingerprint density at radius 2 is 1.48 bits per heavy atom. The molecule has 0 radical (unpaired) electrons. The minimum Gasteiger partial charge on any atom is -0.506 e. The second-order valence-electron chi connectivity index (χ2n) is 4.72. The number of para-hydroxylation sites is 3. The highest BCUT2D eigenvalue weighted by molar-refractivity contribution is 6.02. The average Bonchev–Trinajstić information content (AvgIpc) is 2.51. The molecule has 0 saturated carbocycles. The van der Waals surface area contributed by atoms with Crippen molar-refractivity contribution in [3.05, 3.63) is 54.1 Å². The standard InChI is InChI=1S/C10H12N2O3.C6H7NO/c11-7-4-2-1-3-6(7)9(13)5-8(12)10(14)15;7-5-3-1-2-4-6(5)8/h1-4,8H,5,11-12H2,(H,14,15);1-4,8H,7H2. The molecule has 0 heterocycles. The Labute approximate surface area is 133 Å². The molecule has 0 spiro atoms. The van der Waals surface area contributed by atoms with E-state index in [1.54, 1.807) is 48.5 Å². The third kappa shape index (κ3) is 5.68. The third-order valence-corrected chi connectivity index (χ3v) is 2.92. The molecule has 2 aromatic carbocycles. The molecule has 7 nitrogen and oxygen atoms in total. The van der Waals surface area contributed by atoms with Gasteiger partial charge in [0.25, 0.3) is 0 Å². The molecule has 0 aromatic heterocycles. The van der Waals surface area contributed by atoms with Crippen LogP contribution >= 0.6 is 0 Å². The summed E-state index contributed by atoms with van der Waals surface area (Å²) in [6.07, 6.45) is -0.246. The van der Waals surface area contributed by atoms with Crippen LogP contribution < -0.4 is 17.2 Å². The number of aliphatic carboxylic acids is 1. The number of Topliss-reactive ketones (excluding diaryl/α,β-unsaturated/α-hetero) is 1. The van der Waals surface area contributed by atoms with Crippen LogP contribution in [0, 0.1) is 0 Å². The number of hydrogen-bond acceptors (Lipinski definition) is 6. The zero-order valence-electron chi connectivity index (χ0n) is 12.3. The molecule has 8 N–H and O–H groups in total. The fourth-order valence-electron chi connectivity index (χ4n) is 1.64. The van der Waals surface area contributed by atoms with Crippen LogP contribution in [0.25, 0.3) is 0 Å². The minimum atomic E-state index is -1.20. The highest BCUT2D eigenvalue weighted by Crippen LogP contribution is 2.16. The highest BCUT2D eigenvalue weighted by Gasteiger charge is 2.18. The van der Waals surface area contributed by atoms with E-state index < -0.39 is 12.0 Å². The molecule has 0 aliphatic rings. The topological polar surface area (TPSA) is 153 Å². The molecule has 0 aliphatic carbocycles. The molecular formula is C16H19N3O4. The van der Waals surface area contributed by atoms with Crippen LogP contribution in [0.1, 0.15) is 16.8 Å². The Morgan fingerprint density at radius 1 is 0.957 bits per heavy atom. The maximum atomic E-state index is 11.6. The van der Waals surface area contributed by atoms with E-state index in [2.05, 4.69) is 0 Å². The van der Waals surface area contributed by atoms with Gasteiger partial charge in [-0.05, 0) is 24.3 Å². The van der Waals surface area contributed by atoms with Gasteiger partial charge in [0.15, 0.2) is 5.78 Å². The van der Waals surface area contributed by atoms with E-state index in [-0.39, 0.29) is 18.0 Å². The fraction of sp³-hybridized carbons (Fsp3) is 0.125. The Kier molecular flexibility index (Phi) is 6.57. The summed E-state index contributed by atoms with van der Waals surface area (Å²) < 4.78 is 0. The lowest BCUT2D eigenvalue weighted by Crippen LogP contribution is -2.32. The lowest BCUT2D eigenvalue weighted by molar-refractivity contribution is -0.138. The lowest BCUT2D eigenvalue weighted by atomic mass is 10.0. The van der Waals surface area contributed by atoms with Crippen molar-refractivity contribution < 1.29 is 19.8 Å². The summed E-state index contributed by atoms with van der Waals surface area (Å²) in [4.78, 5) is 22.0. The van der Waals surface area contributed by atoms with Crippen LogP contribution in [0.3, 0.4) is 0 Å². The van der Waals surface area contributed by atoms with Crippen molar-refractivity contribution >= 4 is 23.1 Å². The smallest absolute Gasteiger partial charge is 0.320 e. The number of nitrogen functional groups attached to an aromatic ring is 2. The van der Waals surface area contributed by atoms with Gasteiger partial charge in [-0.3, -0.25) is 9.59 Å². The van der Waals surface area contributed by atoms with E-state index in [4.69, 9.17) is 27.4 Å². The predicted octanol–water partition coefficient (Wildman–Crippen LogP) is 1.23. The summed E-state index contributed by atoms with van der Waals surface area (Å²) in [6, 6.07) is 12.0. The first-order valence-corrected chi connectivity index (χ1v) is 6.72. The van der Waals surface area contributed by atoms with E-state index in [1.165, 1.54) is 0 Å². The van der Waals surface area contributed by atoms with Crippen LogP contribution in [0.15, 0.2) is 48.5 Å². The number of carbonyl (C=O) groups is 2. The van der Waals surface area contributed by atoms with Gasteiger partial charge in [-0.25, -0.2) is 0 Å². The number of carboxylic acids is 1. The quantitative estimate of drug-likeness (QED) is 0.323. The van der Waals surface area contributed by atoms with Gasteiger partial charge >= 0.3 is 5.97 Å². The first-order valence-electron chi connectivity index (χ1n) is 6.72. The third-order valence-electron chi connectivity index (χ3n) is 2.92. The molecule has 7 heteroatoms. The van der Waals surface area contributed by atoms with Crippen LogP contribution in [0.2, 0.25) is 0 Å². The largest absolute Gasteiger partial charge is 0.506 e. The molecule has 0 aliphatic heterocycles. The normalized spacial score (nSPS) is 11.0. The first kappa shape index (κ1) is 18.0.